The van der Waals surface area contributed by atoms with Crippen LogP contribution in [0.2, 0.25) is 0 Å². The largest absolute Gasteiger partial charge is 0.388 e. The molecule has 0 aliphatic carbocycles. The summed E-state index contributed by atoms with van der Waals surface area (Å²) in [5, 5.41) is 18.9. The molecule has 2 aromatic carbocycles. The van der Waals surface area contributed by atoms with E-state index in [0.29, 0.717) is 25.1 Å². The molecular formula is C17H15FN2O. The fraction of sp³-hybridized carbons (Fsp3) is 0.235. The molecule has 1 heterocycles. The molecule has 0 amide bonds. The van der Waals surface area contributed by atoms with Gasteiger partial charge in [-0.15, -0.1) is 0 Å². The topological polar surface area (TPSA) is 47.3 Å². The lowest BCUT2D eigenvalue weighted by Gasteiger charge is -2.34. The van der Waals surface area contributed by atoms with Crippen molar-refractivity contribution in [3.63, 3.8) is 0 Å². The zero-order chi connectivity index (χ0) is 14.8. The number of hydrogen-bond donors (Lipinski definition) is 1. The summed E-state index contributed by atoms with van der Waals surface area (Å²) in [5.74, 6) is -0.455. The minimum atomic E-state index is -0.465. The molecule has 1 N–H and O–H groups in total. The van der Waals surface area contributed by atoms with E-state index < -0.39 is 11.9 Å². The minimum absolute atomic E-state index is 0.0674. The molecule has 0 saturated heterocycles. The summed E-state index contributed by atoms with van der Waals surface area (Å²) < 4.78 is 14.2. The molecule has 21 heavy (non-hydrogen) atoms. The average Bonchev–Trinajstić information content (AvgIpc) is 2.52. The number of fused-ring (bicyclic) bond motifs is 1. The second-order valence-corrected chi connectivity index (χ2v) is 5.18. The van der Waals surface area contributed by atoms with Crippen LogP contribution in [0, 0.1) is 17.1 Å². The number of hydrogen-bond acceptors (Lipinski definition) is 3. The van der Waals surface area contributed by atoms with Gasteiger partial charge in [-0.3, -0.25) is 0 Å². The van der Waals surface area contributed by atoms with Crippen LogP contribution < -0.4 is 4.90 Å². The molecule has 1 unspecified atom stereocenters. The van der Waals surface area contributed by atoms with E-state index in [2.05, 4.69) is 0 Å². The highest BCUT2D eigenvalue weighted by atomic mass is 19.1. The van der Waals surface area contributed by atoms with Crippen molar-refractivity contribution < 1.29 is 9.50 Å². The fourth-order valence-corrected chi connectivity index (χ4v) is 2.77. The Kier molecular flexibility index (Phi) is 3.59. The maximum Gasteiger partial charge on any atom is 0.145 e. The van der Waals surface area contributed by atoms with Gasteiger partial charge in [0.1, 0.15) is 11.9 Å². The second kappa shape index (κ2) is 5.55. The smallest absolute Gasteiger partial charge is 0.145 e. The Bertz CT molecular complexity index is 708. The molecule has 0 saturated carbocycles. The van der Waals surface area contributed by atoms with E-state index in [4.69, 9.17) is 5.26 Å². The zero-order valence-corrected chi connectivity index (χ0v) is 11.5. The van der Waals surface area contributed by atoms with E-state index in [0.717, 1.165) is 11.3 Å². The molecule has 2 aromatic rings. The maximum atomic E-state index is 14.2. The van der Waals surface area contributed by atoms with Crippen LogP contribution in [0.5, 0.6) is 0 Å². The van der Waals surface area contributed by atoms with Gasteiger partial charge in [-0.1, -0.05) is 30.3 Å². The molecular weight excluding hydrogens is 267 g/mol. The average molecular weight is 282 g/mol. The minimum Gasteiger partial charge on any atom is -0.388 e. The van der Waals surface area contributed by atoms with E-state index >= 15 is 0 Å². The molecule has 0 radical (unpaired) electrons. The number of aliphatic hydroxyl groups excluding tert-OH is 1. The van der Waals surface area contributed by atoms with Gasteiger partial charge in [0.2, 0.25) is 0 Å². The number of nitrogens with zero attached hydrogens (tertiary/aromatic N) is 2. The Morgan fingerprint density at radius 1 is 1.24 bits per heavy atom. The van der Waals surface area contributed by atoms with Gasteiger partial charge in [-0.2, -0.15) is 5.26 Å². The highest BCUT2D eigenvalue weighted by Crippen LogP contribution is 2.34. The highest BCUT2D eigenvalue weighted by Gasteiger charge is 2.23. The lowest BCUT2D eigenvalue weighted by atomic mass is 9.98. The highest BCUT2D eigenvalue weighted by molar-refractivity contribution is 5.57. The van der Waals surface area contributed by atoms with Crippen LogP contribution in [-0.4, -0.2) is 11.7 Å². The van der Waals surface area contributed by atoms with Gasteiger partial charge in [0, 0.05) is 29.9 Å². The number of halogens is 1. The number of benzene rings is 2. The van der Waals surface area contributed by atoms with Crippen LogP contribution >= 0.6 is 0 Å². The predicted molar refractivity (Wildman–Crippen MR) is 78.2 cm³/mol. The summed E-state index contributed by atoms with van der Waals surface area (Å²) in [6.45, 7) is 1.06. The molecule has 1 aliphatic heterocycles. The lowest BCUT2D eigenvalue weighted by molar-refractivity contribution is 0.164. The van der Waals surface area contributed by atoms with Gasteiger partial charge in [0.05, 0.1) is 11.7 Å². The Balaban J connectivity index is 1.94. The van der Waals surface area contributed by atoms with Crippen LogP contribution in [0.4, 0.5) is 10.1 Å². The first-order valence-electron chi connectivity index (χ1n) is 6.90. The number of rotatable bonds is 2. The number of para-hydroxylation sites is 1. The van der Waals surface area contributed by atoms with E-state index in [1.807, 2.05) is 35.2 Å². The van der Waals surface area contributed by atoms with Gasteiger partial charge >= 0.3 is 0 Å². The van der Waals surface area contributed by atoms with Crippen molar-refractivity contribution in [2.75, 3.05) is 11.4 Å². The zero-order valence-electron chi connectivity index (χ0n) is 11.5. The quantitative estimate of drug-likeness (QED) is 0.920. The molecule has 3 nitrogen and oxygen atoms in total. The molecule has 3 rings (SSSR count). The third kappa shape index (κ3) is 2.48. The Hall–Kier alpha value is -2.38. The first-order chi connectivity index (χ1) is 10.2. The van der Waals surface area contributed by atoms with E-state index in [9.17, 15) is 9.50 Å². The van der Waals surface area contributed by atoms with Crippen molar-refractivity contribution in [2.24, 2.45) is 0 Å². The van der Waals surface area contributed by atoms with Crippen LogP contribution in [-0.2, 0) is 6.54 Å². The van der Waals surface area contributed by atoms with Crippen LogP contribution in [0.1, 0.15) is 29.2 Å². The van der Waals surface area contributed by atoms with Gasteiger partial charge < -0.3 is 10.0 Å². The van der Waals surface area contributed by atoms with E-state index in [1.54, 1.807) is 12.1 Å². The van der Waals surface area contributed by atoms with Gasteiger partial charge in [-0.05, 0) is 18.6 Å². The Morgan fingerprint density at radius 3 is 2.86 bits per heavy atom. The molecule has 106 valence electrons. The number of anilines is 1. The maximum absolute atomic E-state index is 14.2. The molecule has 0 spiro atoms. The molecule has 1 atom stereocenters. The van der Waals surface area contributed by atoms with E-state index in [1.165, 1.54) is 6.07 Å². The van der Waals surface area contributed by atoms with Gasteiger partial charge in [0.25, 0.3) is 0 Å². The molecule has 0 fully saturated rings. The van der Waals surface area contributed by atoms with Crippen molar-refractivity contribution >= 4 is 5.69 Å². The number of aliphatic hydroxyl groups is 1. The molecule has 1 aliphatic rings. The summed E-state index contributed by atoms with van der Waals surface area (Å²) in [5.41, 5.74) is 2.37. The van der Waals surface area contributed by atoms with Crippen LogP contribution in [0.15, 0.2) is 42.5 Å². The summed E-state index contributed by atoms with van der Waals surface area (Å²) in [6, 6.07) is 14.4. The molecule has 0 bridgehead atoms. The van der Waals surface area contributed by atoms with Crippen molar-refractivity contribution in [3.8, 4) is 6.07 Å². The predicted octanol–water partition coefficient (Wildman–Crippen LogP) is 3.14. The Labute approximate surface area is 122 Å². The van der Waals surface area contributed by atoms with E-state index in [-0.39, 0.29) is 5.56 Å². The summed E-state index contributed by atoms with van der Waals surface area (Å²) in [7, 11) is 0. The first kappa shape index (κ1) is 13.6. The van der Waals surface area contributed by atoms with Gasteiger partial charge in [-0.25, -0.2) is 4.39 Å². The van der Waals surface area contributed by atoms with Crippen LogP contribution in [0.3, 0.4) is 0 Å². The van der Waals surface area contributed by atoms with Crippen molar-refractivity contribution in [2.45, 2.75) is 19.1 Å². The Morgan fingerprint density at radius 2 is 2.05 bits per heavy atom. The molecule has 0 aromatic heterocycles. The summed E-state index contributed by atoms with van der Waals surface area (Å²) in [4.78, 5) is 2.04. The summed E-state index contributed by atoms with van der Waals surface area (Å²) >= 11 is 0. The van der Waals surface area contributed by atoms with Crippen molar-refractivity contribution in [1.82, 2.24) is 0 Å². The normalized spacial score (nSPS) is 17.2. The first-order valence-corrected chi connectivity index (χ1v) is 6.90. The number of nitriles is 1. The van der Waals surface area contributed by atoms with Crippen molar-refractivity contribution in [3.05, 3.63) is 65.0 Å². The molecule has 4 heteroatoms. The van der Waals surface area contributed by atoms with Gasteiger partial charge in [0.15, 0.2) is 0 Å². The third-order valence-electron chi connectivity index (χ3n) is 3.87. The lowest BCUT2D eigenvalue weighted by Crippen LogP contribution is -2.31. The fourth-order valence-electron chi connectivity index (χ4n) is 2.77. The standard InChI is InChI=1S/C17H15FN2O/c18-17-12(10-19)4-3-5-13(17)11-20-9-8-16(21)14-6-1-2-7-15(14)20/h1-7,16,21H,8-9,11H2. The van der Waals surface area contributed by atoms with Crippen molar-refractivity contribution in [1.29, 1.82) is 5.26 Å². The van der Waals surface area contributed by atoms with Crippen LogP contribution in [0.25, 0.3) is 0 Å². The third-order valence-corrected chi connectivity index (χ3v) is 3.87. The SMILES string of the molecule is N#Cc1cccc(CN2CCC(O)c3ccccc32)c1F. The second-order valence-electron chi connectivity index (χ2n) is 5.18. The summed E-state index contributed by atoms with van der Waals surface area (Å²) in [6.07, 6.45) is 0.157. The monoisotopic (exact) mass is 282 g/mol.